The van der Waals surface area contributed by atoms with Gasteiger partial charge in [0.25, 0.3) is 0 Å². The van der Waals surface area contributed by atoms with E-state index in [9.17, 15) is 9.90 Å². The fourth-order valence-corrected chi connectivity index (χ4v) is 2.62. The molecule has 0 bridgehead atoms. The minimum absolute atomic E-state index is 0.00968. The Labute approximate surface area is 111 Å². The maximum atomic E-state index is 12.5. The van der Waals surface area contributed by atoms with E-state index in [-0.39, 0.29) is 11.5 Å². The average Bonchev–Trinajstić information content (AvgIpc) is 2.81. The van der Waals surface area contributed by atoms with Gasteiger partial charge in [-0.2, -0.15) is 0 Å². The highest BCUT2D eigenvalue weighted by molar-refractivity contribution is 5.81. The first-order valence-electron chi connectivity index (χ1n) is 6.39. The molecular weight excluding hydrogens is 242 g/mol. The second kappa shape index (κ2) is 3.84. The fourth-order valence-electron chi connectivity index (χ4n) is 2.62. The van der Waals surface area contributed by atoms with Gasteiger partial charge in [0.15, 0.2) is 5.43 Å². The lowest BCUT2D eigenvalue weighted by Gasteiger charge is -2.24. The van der Waals surface area contributed by atoms with Gasteiger partial charge in [-0.15, -0.1) is 0 Å². The third kappa shape index (κ3) is 1.75. The van der Waals surface area contributed by atoms with Gasteiger partial charge in [-0.05, 0) is 26.0 Å². The lowest BCUT2D eigenvalue weighted by Crippen LogP contribution is -2.39. The van der Waals surface area contributed by atoms with Crippen LogP contribution in [0.25, 0.3) is 10.9 Å². The molecule has 3 rings (SSSR count). The Morgan fingerprint density at radius 3 is 2.74 bits per heavy atom. The molecule has 4 nitrogen and oxygen atoms in total. The number of para-hydroxylation sites is 1. The highest BCUT2D eigenvalue weighted by Gasteiger charge is 2.37. The lowest BCUT2D eigenvalue weighted by atomic mass is 9.97. The molecule has 0 aliphatic carbocycles. The van der Waals surface area contributed by atoms with E-state index in [0.29, 0.717) is 23.3 Å². The van der Waals surface area contributed by atoms with Gasteiger partial charge in [0.05, 0.1) is 16.7 Å². The van der Waals surface area contributed by atoms with Gasteiger partial charge in [0.1, 0.15) is 6.10 Å². The Balaban J connectivity index is 2.26. The Morgan fingerprint density at radius 2 is 2.05 bits per heavy atom. The monoisotopic (exact) mass is 259 g/mol. The minimum Gasteiger partial charge on any atom is -0.472 e. The number of hydrogen-bond donors (Lipinski definition) is 1. The van der Waals surface area contributed by atoms with Gasteiger partial charge in [-0.1, -0.05) is 12.1 Å². The van der Waals surface area contributed by atoms with E-state index < -0.39 is 5.60 Å². The van der Waals surface area contributed by atoms with Crippen molar-refractivity contribution in [3.63, 3.8) is 0 Å². The van der Waals surface area contributed by atoms with Crippen molar-refractivity contribution in [1.29, 1.82) is 0 Å². The molecular formula is C15H17NO3. The summed E-state index contributed by atoms with van der Waals surface area (Å²) in [4.78, 5) is 12.5. The smallest absolute Gasteiger partial charge is 0.201 e. The molecule has 1 atom stereocenters. The van der Waals surface area contributed by atoms with Crippen LogP contribution in [0.4, 0.5) is 0 Å². The molecule has 1 N–H and O–H groups in total. The molecule has 2 aromatic rings. The summed E-state index contributed by atoms with van der Waals surface area (Å²) < 4.78 is 7.69. The molecule has 0 saturated carbocycles. The van der Waals surface area contributed by atoms with E-state index in [0.717, 1.165) is 5.52 Å². The van der Waals surface area contributed by atoms with Gasteiger partial charge in [0.2, 0.25) is 5.88 Å². The van der Waals surface area contributed by atoms with Crippen molar-refractivity contribution in [3.05, 3.63) is 40.1 Å². The minimum atomic E-state index is -0.968. The molecule has 0 spiro atoms. The first-order chi connectivity index (χ1) is 8.89. The summed E-state index contributed by atoms with van der Waals surface area (Å²) >= 11 is 0. The van der Waals surface area contributed by atoms with Crippen molar-refractivity contribution >= 4 is 10.9 Å². The van der Waals surface area contributed by atoms with Crippen LogP contribution >= 0.6 is 0 Å². The van der Waals surface area contributed by atoms with E-state index in [1.165, 1.54) is 0 Å². The molecule has 1 aromatic carbocycles. The van der Waals surface area contributed by atoms with E-state index >= 15 is 0 Å². The van der Waals surface area contributed by atoms with Crippen LogP contribution in [-0.4, -0.2) is 21.4 Å². The molecule has 1 aliphatic heterocycles. The van der Waals surface area contributed by atoms with Crippen molar-refractivity contribution in [2.45, 2.75) is 32.0 Å². The summed E-state index contributed by atoms with van der Waals surface area (Å²) in [6, 6.07) is 7.49. The number of fused-ring (bicyclic) bond motifs is 2. The Kier molecular flexibility index (Phi) is 2.47. The highest BCUT2D eigenvalue weighted by Crippen LogP contribution is 2.32. The van der Waals surface area contributed by atoms with Crippen molar-refractivity contribution in [2.24, 2.45) is 7.05 Å². The molecule has 100 valence electrons. The summed E-state index contributed by atoms with van der Waals surface area (Å²) in [5.74, 6) is 0.579. The number of rotatable bonds is 1. The van der Waals surface area contributed by atoms with Crippen molar-refractivity contribution < 1.29 is 9.84 Å². The van der Waals surface area contributed by atoms with Crippen LogP contribution in [0.5, 0.6) is 5.88 Å². The van der Waals surface area contributed by atoms with E-state index in [1.54, 1.807) is 13.8 Å². The topological polar surface area (TPSA) is 51.5 Å². The molecule has 4 heteroatoms. The molecule has 0 saturated heterocycles. The van der Waals surface area contributed by atoms with Gasteiger partial charge in [-0.25, -0.2) is 0 Å². The third-order valence-electron chi connectivity index (χ3n) is 3.78. The highest BCUT2D eigenvalue weighted by atomic mass is 16.5. The Morgan fingerprint density at radius 1 is 1.37 bits per heavy atom. The second-order valence-electron chi connectivity index (χ2n) is 5.65. The number of aromatic nitrogens is 1. The summed E-state index contributed by atoms with van der Waals surface area (Å²) in [6.07, 6.45) is 0.0780. The predicted octanol–water partition coefficient (Wildman–Crippen LogP) is 1.61. The third-order valence-corrected chi connectivity index (χ3v) is 3.78. The first-order valence-corrected chi connectivity index (χ1v) is 6.39. The number of hydrogen-bond acceptors (Lipinski definition) is 3. The van der Waals surface area contributed by atoms with E-state index in [4.69, 9.17) is 4.74 Å². The summed E-state index contributed by atoms with van der Waals surface area (Å²) in [7, 11) is 1.88. The fraction of sp³-hybridized carbons (Fsp3) is 0.400. The zero-order valence-corrected chi connectivity index (χ0v) is 11.3. The van der Waals surface area contributed by atoms with Crippen molar-refractivity contribution in [3.8, 4) is 5.88 Å². The molecule has 0 fully saturated rings. The number of pyridine rings is 1. The van der Waals surface area contributed by atoms with Crippen LogP contribution < -0.4 is 10.2 Å². The van der Waals surface area contributed by atoms with Crippen LogP contribution in [0.3, 0.4) is 0 Å². The van der Waals surface area contributed by atoms with Gasteiger partial charge in [-0.3, -0.25) is 4.79 Å². The van der Waals surface area contributed by atoms with E-state index in [1.807, 2.05) is 35.9 Å². The lowest BCUT2D eigenvalue weighted by molar-refractivity contribution is -0.0252. The molecule has 0 amide bonds. The average molecular weight is 259 g/mol. The predicted molar refractivity (Wildman–Crippen MR) is 73.6 cm³/mol. The number of benzene rings is 1. The maximum Gasteiger partial charge on any atom is 0.201 e. The summed E-state index contributed by atoms with van der Waals surface area (Å²) in [5, 5.41) is 10.8. The molecule has 0 radical (unpaired) electrons. The number of ether oxygens (including phenoxy) is 1. The standard InChI is InChI=1S/C15H17NO3/c1-15(2,18)12-8-10-13(17)9-6-4-5-7-11(9)16(3)14(10)19-12/h4-7,12,18H,8H2,1-3H3/t12-/m0/s1. The largest absolute Gasteiger partial charge is 0.472 e. The van der Waals surface area contributed by atoms with E-state index in [2.05, 4.69) is 0 Å². The molecule has 1 aliphatic rings. The van der Waals surface area contributed by atoms with Crippen LogP contribution in [0, 0.1) is 0 Å². The maximum absolute atomic E-state index is 12.5. The Bertz CT molecular complexity index is 710. The molecule has 1 aromatic heterocycles. The second-order valence-corrected chi connectivity index (χ2v) is 5.65. The van der Waals surface area contributed by atoms with Crippen LogP contribution in [0.15, 0.2) is 29.1 Å². The number of aliphatic hydroxyl groups is 1. The van der Waals surface area contributed by atoms with Crippen LogP contribution in [0.1, 0.15) is 19.4 Å². The quantitative estimate of drug-likeness (QED) is 0.846. The van der Waals surface area contributed by atoms with Gasteiger partial charge in [0, 0.05) is 18.9 Å². The summed E-state index contributed by atoms with van der Waals surface area (Å²) in [5.41, 5.74) is 0.552. The normalized spacial score (nSPS) is 18.4. The van der Waals surface area contributed by atoms with Crippen molar-refractivity contribution in [2.75, 3.05) is 0 Å². The van der Waals surface area contributed by atoms with Gasteiger partial charge < -0.3 is 14.4 Å². The van der Waals surface area contributed by atoms with Crippen LogP contribution in [0.2, 0.25) is 0 Å². The summed E-state index contributed by atoms with van der Waals surface area (Å²) in [6.45, 7) is 3.40. The SMILES string of the molecule is Cn1c2c(c(=O)c3ccccc31)C[C@@H](C(C)(C)O)O2. The number of nitrogens with zero attached hydrogens (tertiary/aromatic N) is 1. The zero-order valence-electron chi connectivity index (χ0n) is 11.3. The van der Waals surface area contributed by atoms with Gasteiger partial charge >= 0.3 is 0 Å². The van der Waals surface area contributed by atoms with Crippen molar-refractivity contribution in [1.82, 2.24) is 4.57 Å². The first kappa shape index (κ1) is 12.2. The number of aryl methyl sites for hydroxylation is 1. The molecule has 2 heterocycles. The van der Waals surface area contributed by atoms with Crippen LogP contribution in [-0.2, 0) is 13.5 Å². The Hall–Kier alpha value is -1.81. The zero-order chi connectivity index (χ0) is 13.8. The molecule has 19 heavy (non-hydrogen) atoms. The molecule has 0 unspecified atom stereocenters.